The van der Waals surface area contributed by atoms with Crippen molar-refractivity contribution in [1.82, 2.24) is 0 Å². The molecular formula is C12H14S2. The Hall–Kier alpha value is -0.470. The van der Waals surface area contributed by atoms with Crippen LogP contribution in [0.5, 0.6) is 0 Å². The summed E-state index contributed by atoms with van der Waals surface area (Å²) in [6.07, 6.45) is 2.93. The zero-order valence-electron chi connectivity index (χ0n) is 8.11. The summed E-state index contributed by atoms with van der Waals surface area (Å²) in [7, 11) is 0. The summed E-state index contributed by atoms with van der Waals surface area (Å²) in [5, 5.41) is 3.47. The summed E-state index contributed by atoms with van der Waals surface area (Å²) >= 11 is 3.86. The van der Waals surface area contributed by atoms with Crippen LogP contribution in [0.15, 0.2) is 35.7 Å². The van der Waals surface area contributed by atoms with Gasteiger partial charge in [-0.25, -0.2) is 0 Å². The van der Waals surface area contributed by atoms with Crippen molar-refractivity contribution in [1.29, 1.82) is 0 Å². The van der Waals surface area contributed by atoms with Gasteiger partial charge < -0.3 is 0 Å². The molecule has 3 rings (SSSR count). The molecular weight excluding hydrogens is 208 g/mol. The minimum absolute atomic E-state index is 1.35. The van der Waals surface area contributed by atoms with Crippen LogP contribution in [0.3, 0.4) is 0 Å². The third-order valence-corrected chi connectivity index (χ3v) is 4.24. The van der Waals surface area contributed by atoms with E-state index < -0.39 is 0 Å². The van der Waals surface area contributed by atoms with Gasteiger partial charge in [0.05, 0.1) is 0 Å². The Morgan fingerprint density at radius 1 is 0.929 bits per heavy atom. The molecule has 0 saturated carbocycles. The quantitative estimate of drug-likeness (QED) is 0.636. The Morgan fingerprint density at radius 3 is 2.36 bits per heavy atom. The van der Waals surface area contributed by atoms with E-state index in [0.29, 0.717) is 0 Å². The second-order valence-corrected chi connectivity index (χ2v) is 5.45. The second kappa shape index (κ2) is 5.42. The van der Waals surface area contributed by atoms with Crippen molar-refractivity contribution in [2.75, 3.05) is 11.5 Å². The van der Waals surface area contributed by atoms with Crippen molar-refractivity contribution < 1.29 is 0 Å². The maximum atomic E-state index is 2.14. The largest absolute Gasteiger partial charge is 0.162 e. The van der Waals surface area contributed by atoms with E-state index in [4.69, 9.17) is 0 Å². The van der Waals surface area contributed by atoms with Crippen LogP contribution < -0.4 is 0 Å². The Kier molecular flexibility index (Phi) is 3.90. The first-order valence-electron chi connectivity index (χ1n) is 4.97. The van der Waals surface area contributed by atoms with Crippen LogP contribution in [0.2, 0.25) is 0 Å². The highest BCUT2D eigenvalue weighted by molar-refractivity contribution is 7.99. The van der Waals surface area contributed by atoms with Gasteiger partial charge in [-0.2, -0.15) is 11.8 Å². The fourth-order valence-electron chi connectivity index (χ4n) is 1.42. The molecule has 14 heavy (non-hydrogen) atoms. The van der Waals surface area contributed by atoms with Gasteiger partial charge in [0, 0.05) is 4.70 Å². The molecule has 0 aliphatic carbocycles. The van der Waals surface area contributed by atoms with E-state index in [1.54, 1.807) is 11.3 Å². The monoisotopic (exact) mass is 222 g/mol. The summed E-state index contributed by atoms with van der Waals surface area (Å²) in [6.45, 7) is 0. The van der Waals surface area contributed by atoms with Gasteiger partial charge in [0.15, 0.2) is 0 Å². The van der Waals surface area contributed by atoms with Gasteiger partial charge in [-0.15, -0.1) is 11.3 Å². The van der Waals surface area contributed by atoms with Crippen molar-refractivity contribution >= 4 is 33.2 Å². The average molecular weight is 222 g/mol. The van der Waals surface area contributed by atoms with E-state index in [9.17, 15) is 0 Å². The molecule has 1 aliphatic heterocycles. The Labute approximate surface area is 93.3 Å². The molecule has 0 N–H and O–H groups in total. The first kappa shape index (κ1) is 10.1. The van der Waals surface area contributed by atoms with E-state index in [-0.39, 0.29) is 0 Å². The first-order valence-corrected chi connectivity index (χ1v) is 7.00. The predicted octanol–water partition coefficient (Wildman–Crippen LogP) is 4.41. The highest BCUT2D eigenvalue weighted by Gasteiger charge is 1.95. The lowest BCUT2D eigenvalue weighted by atomic mass is 10.3. The molecule has 2 heteroatoms. The van der Waals surface area contributed by atoms with Crippen LogP contribution in [0.4, 0.5) is 0 Å². The number of rotatable bonds is 0. The zero-order valence-corrected chi connectivity index (χ0v) is 9.74. The van der Waals surface area contributed by atoms with Gasteiger partial charge in [0.25, 0.3) is 0 Å². The SMILES string of the molecule is C1CCSC1.c1ccc2sccc2c1. The first-order chi connectivity index (χ1) is 6.97. The van der Waals surface area contributed by atoms with Crippen LogP contribution in [0.1, 0.15) is 12.8 Å². The molecule has 0 atom stereocenters. The van der Waals surface area contributed by atoms with E-state index in [0.717, 1.165) is 0 Å². The molecule has 1 saturated heterocycles. The van der Waals surface area contributed by atoms with Crippen LogP contribution in [0.25, 0.3) is 10.1 Å². The third-order valence-electron chi connectivity index (χ3n) is 2.19. The Balaban J connectivity index is 0.000000128. The number of thiophene rings is 1. The van der Waals surface area contributed by atoms with Crippen molar-refractivity contribution in [2.45, 2.75) is 12.8 Å². The van der Waals surface area contributed by atoms with Gasteiger partial charge in [-0.1, -0.05) is 18.2 Å². The van der Waals surface area contributed by atoms with Gasteiger partial charge in [0.1, 0.15) is 0 Å². The summed E-state index contributed by atoms with van der Waals surface area (Å²) in [5.41, 5.74) is 0. The lowest BCUT2D eigenvalue weighted by molar-refractivity contribution is 0.949. The van der Waals surface area contributed by atoms with Gasteiger partial charge >= 0.3 is 0 Å². The highest BCUT2D eigenvalue weighted by Crippen LogP contribution is 2.18. The predicted molar refractivity (Wildman–Crippen MR) is 68.4 cm³/mol. The maximum absolute atomic E-state index is 2.14. The molecule has 0 radical (unpaired) electrons. The van der Waals surface area contributed by atoms with Gasteiger partial charge in [-0.05, 0) is 47.2 Å². The van der Waals surface area contributed by atoms with Crippen LogP contribution in [-0.2, 0) is 0 Å². The lowest BCUT2D eigenvalue weighted by Gasteiger charge is -1.82. The molecule has 2 heterocycles. The fourth-order valence-corrected chi connectivity index (χ4v) is 3.23. The number of benzene rings is 1. The number of hydrogen-bond acceptors (Lipinski definition) is 2. The molecule has 0 amide bonds. The molecule has 0 unspecified atom stereocenters. The van der Waals surface area contributed by atoms with E-state index in [2.05, 4.69) is 47.5 Å². The number of thioether (sulfide) groups is 1. The van der Waals surface area contributed by atoms with Crippen LogP contribution in [0, 0.1) is 0 Å². The van der Waals surface area contributed by atoms with E-state index >= 15 is 0 Å². The van der Waals surface area contributed by atoms with Gasteiger partial charge in [0.2, 0.25) is 0 Å². The zero-order chi connectivity index (χ0) is 9.64. The van der Waals surface area contributed by atoms with Crippen molar-refractivity contribution in [3.05, 3.63) is 35.7 Å². The van der Waals surface area contributed by atoms with Crippen molar-refractivity contribution in [3.63, 3.8) is 0 Å². The van der Waals surface area contributed by atoms with Crippen LogP contribution in [-0.4, -0.2) is 11.5 Å². The normalized spacial score (nSPS) is 15.1. The minimum Gasteiger partial charge on any atom is -0.162 e. The Morgan fingerprint density at radius 2 is 1.71 bits per heavy atom. The van der Waals surface area contributed by atoms with Crippen molar-refractivity contribution in [2.24, 2.45) is 0 Å². The molecule has 0 spiro atoms. The number of hydrogen-bond donors (Lipinski definition) is 0. The summed E-state index contributed by atoms with van der Waals surface area (Å²) in [6, 6.07) is 10.5. The van der Waals surface area contributed by atoms with E-state index in [1.165, 1.54) is 34.4 Å². The average Bonchev–Trinajstić information content (AvgIpc) is 2.92. The Bertz CT molecular complexity index is 337. The molecule has 1 aliphatic rings. The van der Waals surface area contributed by atoms with Crippen molar-refractivity contribution in [3.8, 4) is 0 Å². The molecule has 74 valence electrons. The molecule has 1 aromatic heterocycles. The fraction of sp³-hybridized carbons (Fsp3) is 0.333. The molecule has 0 nitrogen and oxygen atoms in total. The summed E-state index contributed by atoms with van der Waals surface area (Å²) in [5.74, 6) is 2.83. The molecule has 0 bridgehead atoms. The highest BCUT2D eigenvalue weighted by atomic mass is 32.2. The van der Waals surface area contributed by atoms with Crippen LogP contribution >= 0.6 is 23.1 Å². The standard InChI is InChI=1S/C8H6S.C4H8S/c1-2-4-8-7(3-1)5-6-9-8;1-2-4-5-3-1/h1-6H;1-4H2. The summed E-state index contributed by atoms with van der Waals surface area (Å²) < 4.78 is 1.37. The maximum Gasteiger partial charge on any atom is 0.0342 e. The molecule has 2 aromatic rings. The number of fused-ring (bicyclic) bond motifs is 1. The summed E-state index contributed by atoms with van der Waals surface area (Å²) in [4.78, 5) is 0. The molecule has 1 aromatic carbocycles. The van der Waals surface area contributed by atoms with Gasteiger partial charge in [-0.3, -0.25) is 0 Å². The molecule has 1 fully saturated rings. The lowest BCUT2D eigenvalue weighted by Crippen LogP contribution is -1.58. The second-order valence-electron chi connectivity index (χ2n) is 3.28. The van der Waals surface area contributed by atoms with E-state index in [1.807, 2.05) is 0 Å². The minimum atomic E-state index is 1.35. The smallest absolute Gasteiger partial charge is 0.0342 e. The third kappa shape index (κ3) is 2.76. The topological polar surface area (TPSA) is 0 Å².